The fourth-order valence-corrected chi connectivity index (χ4v) is 1.73. The number of nitrogens with zero attached hydrogens (tertiary/aromatic N) is 2. The predicted octanol–water partition coefficient (Wildman–Crippen LogP) is 2.81. The van der Waals surface area contributed by atoms with Gasteiger partial charge in [0, 0.05) is 24.5 Å². The highest BCUT2D eigenvalue weighted by Gasteiger charge is 2.00. The van der Waals surface area contributed by atoms with Gasteiger partial charge in [-0.25, -0.2) is 14.8 Å². The zero-order valence-electron chi connectivity index (χ0n) is 12.9. The largest absolute Gasteiger partial charge is 0.464 e. The number of aromatic nitrogens is 2. The molecule has 1 N–H and O–H groups in total. The number of hydrogen-bond donors (Lipinski definition) is 1. The Bertz CT molecular complexity index is 627. The molecule has 0 aliphatic heterocycles. The van der Waals surface area contributed by atoms with Gasteiger partial charge in [-0.2, -0.15) is 0 Å². The SMILES string of the molecule is CCOc1ncc(C=CCNC(=O)OCc2ccccc2)cn1. The van der Waals surface area contributed by atoms with Crippen LogP contribution in [0.25, 0.3) is 6.08 Å². The second kappa shape index (κ2) is 9.19. The van der Waals surface area contributed by atoms with Crippen molar-refractivity contribution in [2.75, 3.05) is 13.2 Å². The Kier molecular flexibility index (Phi) is 6.59. The molecule has 1 heterocycles. The Morgan fingerprint density at radius 3 is 2.65 bits per heavy atom. The van der Waals surface area contributed by atoms with E-state index in [1.165, 1.54) is 0 Å². The summed E-state index contributed by atoms with van der Waals surface area (Å²) in [6.07, 6.45) is 6.46. The molecule has 0 aliphatic carbocycles. The van der Waals surface area contributed by atoms with Crippen LogP contribution in [0.5, 0.6) is 6.01 Å². The summed E-state index contributed by atoms with van der Waals surface area (Å²) in [6, 6.07) is 9.88. The molecule has 0 atom stereocenters. The second-order valence-electron chi connectivity index (χ2n) is 4.58. The summed E-state index contributed by atoms with van der Waals surface area (Å²) >= 11 is 0. The summed E-state index contributed by atoms with van der Waals surface area (Å²) in [5.74, 6) is 0. The molecule has 1 amide bonds. The Balaban J connectivity index is 1.68. The Morgan fingerprint density at radius 1 is 1.22 bits per heavy atom. The summed E-state index contributed by atoms with van der Waals surface area (Å²) in [6.45, 7) is 3.02. The first-order valence-electron chi connectivity index (χ1n) is 7.34. The monoisotopic (exact) mass is 313 g/mol. The fraction of sp³-hybridized carbons (Fsp3) is 0.235. The number of amides is 1. The van der Waals surface area contributed by atoms with E-state index in [-0.39, 0.29) is 6.61 Å². The minimum Gasteiger partial charge on any atom is -0.464 e. The van der Waals surface area contributed by atoms with Gasteiger partial charge in [-0.15, -0.1) is 0 Å². The molecule has 6 nitrogen and oxygen atoms in total. The van der Waals surface area contributed by atoms with Crippen molar-refractivity contribution in [3.63, 3.8) is 0 Å². The lowest BCUT2D eigenvalue weighted by Gasteiger charge is -2.05. The standard InChI is InChI=1S/C17H19N3O3/c1-2-22-16-19-11-15(12-20-16)9-6-10-18-17(21)23-13-14-7-4-3-5-8-14/h3-9,11-12H,2,10,13H2,1H3,(H,18,21). The number of carbonyl (C=O) groups is 1. The zero-order valence-corrected chi connectivity index (χ0v) is 12.9. The van der Waals surface area contributed by atoms with E-state index in [1.807, 2.05) is 43.3 Å². The maximum absolute atomic E-state index is 11.5. The van der Waals surface area contributed by atoms with Gasteiger partial charge in [0.1, 0.15) is 6.61 Å². The molecule has 2 aromatic rings. The Morgan fingerprint density at radius 2 is 1.96 bits per heavy atom. The second-order valence-corrected chi connectivity index (χ2v) is 4.58. The first-order chi connectivity index (χ1) is 11.3. The summed E-state index contributed by atoms with van der Waals surface area (Å²) in [7, 11) is 0. The smallest absolute Gasteiger partial charge is 0.407 e. The minimum absolute atomic E-state index is 0.253. The highest BCUT2D eigenvalue weighted by atomic mass is 16.5. The third kappa shape index (κ3) is 6.17. The van der Waals surface area contributed by atoms with Crippen LogP contribution in [-0.4, -0.2) is 29.2 Å². The van der Waals surface area contributed by atoms with E-state index in [1.54, 1.807) is 18.5 Å². The van der Waals surface area contributed by atoms with Crippen molar-refractivity contribution in [2.24, 2.45) is 0 Å². The van der Waals surface area contributed by atoms with Gasteiger partial charge in [-0.3, -0.25) is 0 Å². The number of alkyl carbamates (subject to hydrolysis) is 1. The molecule has 0 aliphatic rings. The highest BCUT2D eigenvalue weighted by Crippen LogP contribution is 2.04. The minimum atomic E-state index is -0.457. The normalized spacial score (nSPS) is 10.5. The molecule has 0 unspecified atom stereocenters. The number of nitrogens with one attached hydrogen (secondary N) is 1. The van der Waals surface area contributed by atoms with Crippen molar-refractivity contribution in [2.45, 2.75) is 13.5 Å². The lowest BCUT2D eigenvalue weighted by Crippen LogP contribution is -2.24. The van der Waals surface area contributed by atoms with Crippen LogP contribution in [0.3, 0.4) is 0 Å². The van der Waals surface area contributed by atoms with Gasteiger partial charge >= 0.3 is 12.1 Å². The molecule has 6 heteroatoms. The first kappa shape index (κ1) is 16.5. The molecular formula is C17H19N3O3. The zero-order chi connectivity index (χ0) is 16.3. The molecule has 0 fully saturated rings. The highest BCUT2D eigenvalue weighted by molar-refractivity contribution is 5.67. The number of carbonyl (C=O) groups excluding carboxylic acids is 1. The molecule has 1 aromatic carbocycles. The van der Waals surface area contributed by atoms with Crippen LogP contribution in [0, 0.1) is 0 Å². The van der Waals surface area contributed by atoms with Crippen LogP contribution in [0.2, 0.25) is 0 Å². The van der Waals surface area contributed by atoms with Gasteiger partial charge in [-0.1, -0.05) is 42.5 Å². The van der Waals surface area contributed by atoms with Crippen LogP contribution >= 0.6 is 0 Å². The van der Waals surface area contributed by atoms with E-state index in [9.17, 15) is 4.79 Å². The lowest BCUT2D eigenvalue weighted by atomic mass is 10.2. The number of rotatable bonds is 7. The van der Waals surface area contributed by atoms with Crippen molar-refractivity contribution in [1.82, 2.24) is 15.3 Å². The Hall–Kier alpha value is -2.89. The maximum atomic E-state index is 11.5. The quantitative estimate of drug-likeness (QED) is 0.851. The fourth-order valence-electron chi connectivity index (χ4n) is 1.73. The molecule has 1 aromatic heterocycles. The van der Waals surface area contributed by atoms with E-state index in [2.05, 4.69) is 15.3 Å². The summed E-state index contributed by atoms with van der Waals surface area (Å²) in [5, 5.41) is 2.64. The first-order valence-corrected chi connectivity index (χ1v) is 7.34. The van der Waals surface area contributed by atoms with Gasteiger partial charge in [-0.05, 0) is 12.5 Å². The van der Waals surface area contributed by atoms with Crippen LogP contribution in [-0.2, 0) is 11.3 Å². The van der Waals surface area contributed by atoms with E-state index in [0.717, 1.165) is 11.1 Å². The van der Waals surface area contributed by atoms with Gasteiger partial charge in [0.25, 0.3) is 0 Å². The van der Waals surface area contributed by atoms with Gasteiger partial charge in [0.15, 0.2) is 0 Å². The molecule has 2 rings (SSSR count). The van der Waals surface area contributed by atoms with Crippen LogP contribution in [0.1, 0.15) is 18.1 Å². The molecule has 23 heavy (non-hydrogen) atoms. The molecule has 0 saturated carbocycles. The topological polar surface area (TPSA) is 73.3 Å². The summed E-state index contributed by atoms with van der Waals surface area (Å²) in [5.41, 5.74) is 1.78. The predicted molar refractivity (Wildman–Crippen MR) is 86.9 cm³/mol. The summed E-state index contributed by atoms with van der Waals surface area (Å²) in [4.78, 5) is 19.6. The van der Waals surface area contributed by atoms with E-state index in [0.29, 0.717) is 19.2 Å². The van der Waals surface area contributed by atoms with Crippen molar-refractivity contribution >= 4 is 12.2 Å². The molecule has 120 valence electrons. The van der Waals surface area contributed by atoms with Crippen LogP contribution < -0.4 is 10.1 Å². The average molecular weight is 313 g/mol. The molecule has 0 spiro atoms. The number of ether oxygens (including phenoxy) is 2. The molecule has 0 radical (unpaired) electrons. The third-order valence-electron chi connectivity index (χ3n) is 2.81. The number of benzene rings is 1. The van der Waals surface area contributed by atoms with Crippen molar-refractivity contribution < 1.29 is 14.3 Å². The van der Waals surface area contributed by atoms with Gasteiger partial charge in [0.2, 0.25) is 0 Å². The summed E-state index contributed by atoms with van der Waals surface area (Å²) < 4.78 is 10.3. The van der Waals surface area contributed by atoms with E-state index < -0.39 is 6.09 Å². The Labute approximate surface area is 135 Å². The van der Waals surface area contributed by atoms with E-state index >= 15 is 0 Å². The molecule has 0 saturated heterocycles. The molecular weight excluding hydrogens is 294 g/mol. The van der Waals surface area contributed by atoms with Gasteiger partial charge in [0.05, 0.1) is 6.61 Å². The van der Waals surface area contributed by atoms with E-state index in [4.69, 9.17) is 9.47 Å². The van der Waals surface area contributed by atoms with Crippen LogP contribution in [0.4, 0.5) is 4.79 Å². The molecule has 0 bridgehead atoms. The van der Waals surface area contributed by atoms with Crippen molar-refractivity contribution in [3.8, 4) is 6.01 Å². The van der Waals surface area contributed by atoms with Gasteiger partial charge < -0.3 is 14.8 Å². The lowest BCUT2D eigenvalue weighted by molar-refractivity contribution is 0.141. The number of hydrogen-bond acceptors (Lipinski definition) is 5. The maximum Gasteiger partial charge on any atom is 0.407 e. The van der Waals surface area contributed by atoms with Crippen molar-refractivity contribution in [1.29, 1.82) is 0 Å². The third-order valence-corrected chi connectivity index (χ3v) is 2.81. The average Bonchev–Trinajstić information content (AvgIpc) is 2.59. The van der Waals surface area contributed by atoms with Crippen LogP contribution in [0.15, 0.2) is 48.8 Å². The van der Waals surface area contributed by atoms with Crippen molar-refractivity contribution in [3.05, 3.63) is 59.9 Å².